The minimum Gasteiger partial charge on any atom is -0.310 e. The molecule has 3 aromatic rings. The maximum atomic E-state index is 12.5. The van der Waals surface area contributed by atoms with Gasteiger partial charge >= 0.3 is 0 Å². The number of hydrogen-bond acceptors (Lipinski definition) is 3. The Morgan fingerprint density at radius 2 is 1.76 bits per heavy atom. The Hall–Kier alpha value is -2.72. The van der Waals surface area contributed by atoms with Crippen molar-refractivity contribution in [3.05, 3.63) is 88.6 Å². The van der Waals surface area contributed by atoms with Crippen LogP contribution in [-0.4, -0.2) is 28.0 Å². The molecule has 1 saturated heterocycles. The second kappa shape index (κ2) is 7.03. The number of aromatic nitrogens is 2. The lowest BCUT2D eigenvalue weighted by atomic mass is 10.1. The van der Waals surface area contributed by atoms with Gasteiger partial charge in [0.1, 0.15) is 5.82 Å². The van der Waals surface area contributed by atoms with Gasteiger partial charge < -0.3 is 4.98 Å². The Balaban J connectivity index is 1.48. The van der Waals surface area contributed by atoms with Crippen LogP contribution in [0, 0.1) is 0 Å². The first-order valence-corrected chi connectivity index (χ1v) is 8.70. The number of likely N-dealkylation sites (tertiary alicyclic amines) is 1. The Kier molecular flexibility index (Phi) is 4.44. The number of H-pyrrole nitrogens is 1. The molecule has 0 aliphatic carbocycles. The monoisotopic (exact) mass is 331 g/mol. The summed E-state index contributed by atoms with van der Waals surface area (Å²) in [5.41, 5.74) is 2.80. The molecule has 126 valence electrons. The first kappa shape index (κ1) is 15.8. The fraction of sp³-hybridized carbons (Fsp3) is 0.238. The molecule has 4 nitrogen and oxygen atoms in total. The maximum Gasteiger partial charge on any atom is 0.258 e. The van der Waals surface area contributed by atoms with Crippen molar-refractivity contribution in [2.45, 2.75) is 18.9 Å². The van der Waals surface area contributed by atoms with E-state index in [0.29, 0.717) is 11.5 Å². The third-order valence-corrected chi connectivity index (χ3v) is 4.81. The van der Waals surface area contributed by atoms with Gasteiger partial charge in [0.25, 0.3) is 5.56 Å². The van der Waals surface area contributed by atoms with Gasteiger partial charge in [-0.05, 0) is 24.1 Å². The lowest BCUT2D eigenvalue weighted by Gasteiger charge is -2.16. The summed E-state index contributed by atoms with van der Waals surface area (Å²) in [6.45, 7) is 2.91. The second-order valence-corrected chi connectivity index (χ2v) is 6.58. The Bertz CT molecular complexity index is 890. The Labute approximate surface area is 147 Å². The van der Waals surface area contributed by atoms with Crippen LogP contribution in [0.5, 0.6) is 0 Å². The Morgan fingerprint density at radius 3 is 2.48 bits per heavy atom. The molecule has 1 unspecified atom stereocenters. The smallest absolute Gasteiger partial charge is 0.258 e. The summed E-state index contributed by atoms with van der Waals surface area (Å²) in [6, 6.07) is 20.2. The highest BCUT2D eigenvalue weighted by molar-refractivity contribution is 5.60. The molecule has 25 heavy (non-hydrogen) atoms. The molecule has 0 bridgehead atoms. The molecule has 1 atom stereocenters. The van der Waals surface area contributed by atoms with Crippen LogP contribution >= 0.6 is 0 Å². The molecule has 0 amide bonds. The summed E-state index contributed by atoms with van der Waals surface area (Å²) in [5, 5.41) is 0. The van der Waals surface area contributed by atoms with Gasteiger partial charge in [-0.25, -0.2) is 4.98 Å². The number of hydrogen-bond donors (Lipinski definition) is 1. The average molecular weight is 331 g/mol. The maximum absolute atomic E-state index is 12.5. The fourth-order valence-electron chi connectivity index (χ4n) is 3.48. The van der Waals surface area contributed by atoms with Crippen LogP contribution in [0.3, 0.4) is 0 Å². The molecule has 4 heteroatoms. The number of aromatic amines is 1. The zero-order chi connectivity index (χ0) is 17.1. The first-order valence-electron chi connectivity index (χ1n) is 8.70. The highest BCUT2D eigenvalue weighted by Gasteiger charge is 2.25. The summed E-state index contributed by atoms with van der Waals surface area (Å²) < 4.78 is 0. The van der Waals surface area contributed by atoms with Gasteiger partial charge in [0.05, 0.1) is 5.56 Å². The van der Waals surface area contributed by atoms with E-state index in [1.807, 2.05) is 36.4 Å². The standard InChI is InChI=1S/C21H21N3O/c25-21-19(17-9-5-2-6-10-17)13-22-20(23-21)18-11-12-24(15-18)14-16-7-3-1-4-8-16/h1-10,13,18H,11-12,14-15H2,(H,22,23,25). The quantitative estimate of drug-likeness (QED) is 0.797. The molecule has 1 aromatic heterocycles. The first-order chi connectivity index (χ1) is 12.3. The van der Waals surface area contributed by atoms with Crippen molar-refractivity contribution in [3.8, 4) is 11.1 Å². The third kappa shape index (κ3) is 3.54. The third-order valence-electron chi connectivity index (χ3n) is 4.81. The minimum absolute atomic E-state index is 0.0577. The number of nitrogens with one attached hydrogen (secondary N) is 1. The van der Waals surface area contributed by atoms with Crippen molar-refractivity contribution in [1.29, 1.82) is 0 Å². The predicted octanol–water partition coefficient (Wildman–Crippen LogP) is 3.43. The molecule has 1 N–H and O–H groups in total. The highest BCUT2D eigenvalue weighted by Crippen LogP contribution is 2.25. The van der Waals surface area contributed by atoms with E-state index in [4.69, 9.17) is 0 Å². The molecule has 1 aliphatic heterocycles. The van der Waals surface area contributed by atoms with Crippen LogP contribution in [0.1, 0.15) is 23.7 Å². The summed E-state index contributed by atoms with van der Waals surface area (Å²) >= 11 is 0. The van der Waals surface area contributed by atoms with E-state index in [0.717, 1.165) is 37.4 Å². The lowest BCUT2D eigenvalue weighted by Crippen LogP contribution is -2.21. The topological polar surface area (TPSA) is 49.0 Å². The van der Waals surface area contributed by atoms with Crippen LogP contribution < -0.4 is 5.56 Å². The lowest BCUT2D eigenvalue weighted by molar-refractivity contribution is 0.325. The van der Waals surface area contributed by atoms with Crippen molar-refractivity contribution in [3.63, 3.8) is 0 Å². The van der Waals surface area contributed by atoms with Crippen LogP contribution in [0.2, 0.25) is 0 Å². The molecular formula is C21H21N3O. The predicted molar refractivity (Wildman–Crippen MR) is 99.4 cm³/mol. The van der Waals surface area contributed by atoms with Gasteiger partial charge in [-0.2, -0.15) is 0 Å². The molecule has 2 aromatic carbocycles. The average Bonchev–Trinajstić information content (AvgIpc) is 3.12. The minimum atomic E-state index is -0.0577. The van der Waals surface area contributed by atoms with Gasteiger partial charge in [-0.3, -0.25) is 9.69 Å². The van der Waals surface area contributed by atoms with E-state index < -0.39 is 0 Å². The van der Waals surface area contributed by atoms with Crippen molar-refractivity contribution in [2.24, 2.45) is 0 Å². The van der Waals surface area contributed by atoms with Gasteiger partial charge in [0.2, 0.25) is 0 Å². The summed E-state index contributed by atoms with van der Waals surface area (Å²) in [6.07, 6.45) is 2.74. The zero-order valence-electron chi connectivity index (χ0n) is 14.1. The molecule has 0 radical (unpaired) electrons. The van der Waals surface area contributed by atoms with Crippen LogP contribution in [0.15, 0.2) is 71.7 Å². The number of nitrogens with zero attached hydrogens (tertiary/aromatic N) is 2. The van der Waals surface area contributed by atoms with E-state index >= 15 is 0 Å². The fourth-order valence-corrected chi connectivity index (χ4v) is 3.48. The molecular weight excluding hydrogens is 310 g/mol. The Morgan fingerprint density at radius 1 is 1.04 bits per heavy atom. The summed E-state index contributed by atoms with van der Waals surface area (Å²) in [7, 11) is 0. The second-order valence-electron chi connectivity index (χ2n) is 6.58. The molecule has 2 heterocycles. The summed E-state index contributed by atoms with van der Waals surface area (Å²) in [4.78, 5) is 22.4. The molecule has 1 aliphatic rings. The van der Waals surface area contributed by atoms with Gasteiger partial charge in [-0.15, -0.1) is 0 Å². The highest BCUT2D eigenvalue weighted by atomic mass is 16.1. The van der Waals surface area contributed by atoms with E-state index in [1.165, 1.54) is 5.56 Å². The van der Waals surface area contributed by atoms with Gasteiger partial charge in [0, 0.05) is 25.2 Å². The van der Waals surface area contributed by atoms with E-state index in [1.54, 1.807) is 6.20 Å². The van der Waals surface area contributed by atoms with Crippen LogP contribution in [0.4, 0.5) is 0 Å². The van der Waals surface area contributed by atoms with E-state index in [2.05, 4.69) is 39.1 Å². The van der Waals surface area contributed by atoms with Crippen molar-refractivity contribution < 1.29 is 0 Å². The van der Waals surface area contributed by atoms with Crippen molar-refractivity contribution in [2.75, 3.05) is 13.1 Å². The van der Waals surface area contributed by atoms with Gasteiger partial charge in [0.15, 0.2) is 0 Å². The van der Waals surface area contributed by atoms with Crippen molar-refractivity contribution in [1.82, 2.24) is 14.9 Å². The van der Waals surface area contributed by atoms with E-state index in [9.17, 15) is 4.79 Å². The molecule has 1 fully saturated rings. The summed E-state index contributed by atoms with van der Waals surface area (Å²) in [5.74, 6) is 1.10. The SMILES string of the molecule is O=c1[nH]c(C2CCN(Cc3ccccc3)C2)ncc1-c1ccccc1. The normalized spacial score (nSPS) is 17.7. The van der Waals surface area contributed by atoms with Crippen LogP contribution in [-0.2, 0) is 6.54 Å². The number of rotatable bonds is 4. The molecule has 0 spiro atoms. The van der Waals surface area contributed by atoms with E-state index in [-0.39, 0.29) is 5.56 Å². The molecule has 4 rings (SSSR count). The largest absolute Gasteiger partial charge is 0.310 e. The molecule has 0 saturated carbocycles. The van der Waals surface area contributed by atoms with Crippen molar-refractivity contribution >= 4 is 0 Å². The van der Waals surface area contributed by atoms with Gasteiger partial charge in [-0.1, -0.05) is 60.7 Å². The van der Waals surface area contributed by atoms with Crippen LogP contribution in [0.25, 0.3) is 11.1 Å². The zero-order valence-corrected chi connectivity index (χ0v) is 14.1. The number of benzene rings is 2.